The average molecular weight is 434 g/mol. The lowest BCUT2D eigenvalue weighted by atomic mass is 10.1. The molecule has 0 radical (unpaired) electrons. The molecule has 4 aromatic rings. The number of hydrogen-bond acceptors (Lipinski definition) is 6. The molecule has 8 heteroatoms. The minimum Gasteiger partial charge on any atom is -0.459 e. The Kier molecular flexibility index (Phi) is 5.38. The van der Waals surface area contributed by atoms with Gasteiger partial charge < -0.3 is 14.3 Å². The topological polar surface area (TPSA) is 85.8 Å². The molecule has 0 atom stereocenters. The predicted octanol–water partition coefficient (Wildman–Crippen LogP) is 4.88. The lowest BCUT2D eigenvalue weighted by molar-refractivity contribution is -0.115. The molecule has 0 saturated carbocycles. The van der Waals surface area contributed by atoms with Crippen molar-refractivity contribution < 1.29 is 9.21 Å². The van der Waals surface area contributed by atoms with Crippen molar-refractivity contribution in [3.05, 3.63) is 59.1 Å². The van der Waals surface area contributed by atoms with E-state index >= 15 is 0 Å². The van der Waals surface area contributed by atoms with Crippen LogP contribution in [0.25, 0.3) is 22.2 Å². The molecule has 1 amide bonds. The summed E-state index contributed by atoms with van der Waals surface area (Å²) in [6.07, 6.45) is 4.70. The van der Waals surface area contributed by atoms with Crippen LogP contribution in [0.4, 0.5) is 5.69 Å². The van der Waals surface area contributed by atoms with Gasteiger partial charge in [-0.2, -0.15) is 0 Å². The number of benzene rings is 1. The summed E-state index contributed by atoms with van der Waals surface area (Å²) in [5, 5.41) is 14.5. The molecule has 3 aromatic heterocycles. The number of carbonyl (C=O) groups excluding carboxylic acids is 1. The van der Waals surface area contributed by atoms with E-state index in [1.165, 1.54) is 17.8 Å². The molecule has 0 bridgehead atoms. The summed E-state index contributed by atoms with van der Waals surface area (Å²) < 4.78 is 7.82. The van der Waals surface area contributed by atoms with Crippen LogP contribution < -0.4 is 5.32 Å². The quantitative estimate of drug-likeness (QED) is 0.485. The Bertz CT molecular complexity index is 1220. The van der Waals surface area contributed by atoms with Crippen molar-refractivity contribution in [2.75, 3.05) is 5.32 Å². The summed E-state index contributed by atoms with van der Waals surface area (Å²) in [5.74, 6) is 3.38. The Hall–Kier alpha value is -3.26. The van der Waals surface area contributed by atoms with Gasteiger partial charge in [0.1, 0.15) is 11.6 Å². The SMILES string of the molecule is Cc1ccc(-c2nc(CC(=O)Nc3cccc(-c4nnc5n4CCCCC5)c3)cs2)o1. The van der Waals surface area contributed by atoms with E-state index in [9.17, 15) is 4.79 Å². The zero-order valence-corrected chi connectivity index (χ0v) is 18.1. The third-order valence-corrected chi connectivity index (χ3v) is 6.26. The van der Waals surface area contributed by atoms with E-state index in [0.29, 0.717) is 0 Å². The largest absolute Gasteiger partial charge is 0.459 e. The summed E-state index contributed by atoms with van der Waals surface area (Å²) in [7, 11) is 0. The van der Waals surface area contributed by atoms with Crippen LogP contribution in [0.15, 0.2) is 46.2 Å². The lowest BCUT2D eigenvalue weighted by Gasteiger charge is -2.09. The van der Waals surface area contributed by atoms with Gasteiger partial charge in [-0.05, 0) is 44.0 Å². The van der Waals surface area contributed by atoms with Crippen molar-refractivity contribution in [2.45, 2.75) is 45.6 Å². The smallest absolute Gasteiger partial charge is 0.230 e. The van der Waals surface area contributed by atoms with Crippen molar-refractivity contribution in [2.24, 2.45) is 0 Å². The van der Waals surface area contributed by atoms with Crippen LogP contribution in [0.5, 0.6) is 0 Å². The highest BCUT2D eigenvalue weighted by Gasteiger charge is 2.17. The summed E-state index contributed by atoms with van der Waals surface area (Å²) in [4.78, 5) is 17.1. The maximum atomic E-state index is 12.6. The fraction of sp³-hybridized carbons (Fsp3) is 0.304. The maximum Gasteiger partial charge on any atom is 0.230 e. The van der Waals surface area contributed by atoms with E-state index in [2.05, 4.69) is 25.1 Å². The summed E-state index contributed by atoms with van der Waals surface area (Å²) in [5.41, 5.74) is 2.43. The van der Waals surface area contributed by atoms with Gasteiger partial charge >= 0.3 is 0 Å². The number of furan rings is 1. The highest BCUT2D eigenvalue weighted by atomic mass is 32.1. The molecule has 4 heterocycles. The number of aryl methyl sites for hydroxylation is 2. The van der Waals surface area contributed by atoms with Gasteiger partial charge in [0, 0.05) is 29.6 Å². The van der Waals surface area contributed by atoms with Crippen molar-refractivity contribution in [3.8, 4) is 22.2 Å². The van der Waals surface area contributed by atoms with Crippen LogP contribution in [0, 0.1) is 6.92 Å². The molecule has 0 unspecified atom stereocenters. The van der Waals surface area contributed by atoms with Gasteiger partial charge in [-0.1, -0.05) is 18.6 Å². The molecule has 0 aliphatic carbocycles. The number of rotatable bonds is 5. The van der Waals surface area contributed by atoms with Crippen molar-refractivity contribution >= 4 is 22.9 Å². The number of carbonyl (C=O) groups is 1. The molecule has 0 fully saturated rings. The fourth-order valence-electron chi connectivity index (χ4n) is 3.86. The molecule has 0 saturated heterocycles. The van der Waals surface area contributed by atoms with Crippen molar-refractivity contribution in [1.82, 2.24) is 19.7 Å². The fourth-order valence-corrected chi connectivity index (χ4v) is 4.63. The van der Waals surface area contributed by atoms with Crippen LogP contribution >= 0.6 is 11.3 Å². The van der Waals surface area contributed by atoms with Crippen molar-refractivity contribution in [1.29, 1.82) is 0 Å². The molecule has 1 N–H and O–H groups in total. The van der Waals surface area contributed by atoms with E-state index in [1.807, 2.05) is 48.7 Å². The van der Waals surface area contributed by atoms with Gasteiger partial charge in [-0.15, -0.1) is 21.5 Å². The molecule has 1 aromatic carbocycles. The van der Waals surface area contributed by atoms with Gasteiger partial charge in [0.25, 0.3) is 0 Å². The first-order valence-electron chi connectivity index (χ1n) is 10.5. The number of anilines is 1. The number of aromatic nitrogens is 4. The average Bonchev–Trinajstić information content (AvgIpc) is 3.45. The zero-order valence-electron chi connectivity index (χ0n) is 17.3. The Labute approximate surface area is 184 Å². The van der Waals surface area contributed by atoms with Gasteiger partial charge in [0.15, 0.2) is 16.6 Å². The van der Waals surface area contributed by atoms with Gasteiger partial charge in [0.2, 0.25) is 5.91 Å². The minimum atomic E-state index is -0.107. The molecule has 5 rings (SSSR count). The monoisotopic (exact) mass is 433 g/mol. The van der Waals surface area contributed by atoms with Gasteiger partial charge in [0.05, 0.1) is 12.1 Å². The van der Waals surface area contributed by atoms with Crippen LogP contribution in [0.2, 0.25) is 0 Å². The Morgan fingerprint density at radius 1 is 1.19 bits per heavy atom. The van der Waals surface area contributed by atoms with Crippen LogP contribution in [-0.4, -0.2) is 25.7 Å². The highest BCUT2D eigenvalue weighted by Crippen LogP contribution is 2.27. The first kappa shape index (κ1) is 19.7. The normalized spacial score (nSPS) is 13.6. The number of amides is 1. The summed E-state index contributed by atoms with van der Waals surface area (Å²) >= 11 is 1.48. The van der Waals surface area contributed by atoms with E-state index in [4.69, 9.17) is 4.42 Å². The number of thiazole rings is 1. The first-order chi connectivity index (χ1) is 15.2. The van der Waals surface area contributed by atoms with Crippen LogP contribution in [0.3, 0.4) is 0 Å². The molecule has 31 heavy (non-hydrogen) atoms. The highest BCUT2D eigenvalue weighted by molar-refractivity contribution is 7.13. The molecular weight excluding hydrogens is 410 g/mol. The Morgan fingerprint density at radius 3 is 3.00 bits per heavy atom. The molecular formula is C23H23N5O2S. The van der Waals surface area contributed by atoms with Crippen LogP contribution in [-0.2, 0) is 24.2 Å². The number of nitrogens with zero attached hydrogens (tertiary/aromatic N) is 4. The molecule has 0 spiro atoms. The van der Waals surface area contributed by atoms with Gasteiger partial charge in [-0.25, -0.2) is 4.98 Å². The Balaban J connectivity index is 1.28. The summed E-state index contributed by atoms with van der Waals surface area (Å²) in [6, 6.07) is 11.6. The summed E-state index contributed by atoms with van der Waals surface area (Å²) in [6.45, 7) is 2.84. The number of fused-ring (bicyclic) bond motifs is 1. The second-order valence-electron chi connectivity index (χ2n) is 7.76. The third-order valence-electron chi connectivity index (χ3n) is 5.36. The second kappa shape index (κ2) is 8.47. The van der Waals surface area contributed by atoms with Gasteiger partial charge in [-0.3, -0.25) is 4.79 Å². The number of nitrogens with one attached hydrogen (secondary N) is 1. The van der Waals surface area contributed by atoms with E-state index in [0.717, 1.165) is 70.9 Å². The molecule has 1 aliphatic heterocycles. The molecule has 1 aliphatic rings. The van der Waals surface area contributed by atoms with E-state index < -0.39 is 0 Å². The minimum absolute atomic E-state index is 0.107. The number of hydrogen-bond donors (Lipinski definition) is 1. The second-order valence-corrected chi connectivity index (χ2v) is 8.62. The zero-order chi connectivity index (χ0) is 21.2. The first-order valence-corrected chi connectivity index (χ1v) is 11.4. The van der Waals surface area contributed by atoms with E-state index in [-0.39, 0.29) is 12.3 Å². The third kappa shape index (κ3) is 4.29. The molecule has 7 nitrogen and oxygen atoms in total. The van der Waals surface area contributed by atoms with Crippen LogP contribution in [0.1, 0.15) is 36.5 Å². The van der Waals surface area contributed by atoms with E-state index in [1.54, 1.807) is 0 Å². The predicted molar refractivity (Wildman–Crippen MR) is 120 cm³/mol. The standard InChI is InChI=1S/C23H23N5O2S/c1-15-9-10-19(30-15)23-25-18(14-31-23)13-21(29)24-17-7-5-6-16(12-17)22-27-26-20-8-3-2-4-11-28(20)22/h5-7,9-10,12,14H,2-4,8,11,13H2,1H3,(H,24,29). The van der Waals surface area contributed by atoms with Crippen molar-refractivity contribution in [3.63, 3.8) is 0 Å². The maximum absolute atomic E-state index is 12.6. The molecule has 158 valence electrons. The Morgan fingerprint density at radius 2 is 2.13 bits per heavy atom. The lowest BCUT2D eigenvalue weighted by Crippen LogP contribution is -2.14.